The van der Waals surface area contributed by atoms with E-state index in [0.29, 0.717) is 17.1 Å². The highest BCUT2D eigenvalue weighted by Crippen LogP contribution is 2.32. The second-order valence-corrected chi connectivity index (χ2v) is 6.26. The number of hydrogen-bond donors (Lipinski definition) is 2. The van der Waals surface area contributed by atoms with Gasteiger partial charge in [-0.25, -0.2) is 0 Å². The van der Waals surface area contributed by atoms with Crippen LogP contribution in [0.4, 0.5) is 17.1 Å². The Morgan fingerprint density at radius 1 is 1.24 bits per heavy atom. The van der Waals surface area contributed by atoms with Crippen LogP contribution in [0.25, 0.3) is 0 Å². The normalized spacial score (nSPS) is 13.7. The maximum atomic E-state index is 12.4. The summed E-state index contributed by atoms with van der Waals surface area (Å²) in [6.07, 6.45) is 0.196. The van der Waals surface area contributed by atoms with Crippen molar-refractivity contribution in [2.24, 2.45) is 0 Å². The number of fused-ring (bicyclic) bond motifs is 1. The standard InChI is InChI=1S/C17H15Cl2N3O3/c18-11-7-10(8-12(19)17(11)20)21-15(23)9-22-13-3-1-2-4-14(13)25-6-5-16(22)24/h1-4,7-8H,5-6,9,20H2,(H,21,23). The summed E-state index contributed by atoms with van der Waals surface area (Å²) in [6.45, 7) is 0.121. The Labute approximate surface area is 154 Å². The Morgan fingerprint density at radius 3 is 2.64 bits per heavy atom. The minimum Gasteiger partial charge on any atom is -0.491 e. The number of carbonyl (C=O) groups excluding carboxylic acids is 2. The number of amides is 2. The molecule has 0 unspecified atom stereocenters. The van der Waals surface area contributed by atoms with Crippen molar-refractivity contribution < 1.29 is 14.3 Å². The molecule has 8 heteroatoms. The van der Waals surface area contributed by atoms with E-state index in [2.05, 4.69) is 5.32 Å². The molecule has 6 nitrogen and oxygen atoms in total. The Bertz CT molecular complexity index is 819. The first kappa shape index (κ1) is 17.4. The predicted molar refractivity (Wildman–Crippen MR) is 98.4 cm³/mol. The predicted octanol–water partition coefficient (Wildman–Crippen LogP) is 3.33. The van der Waals surface area contributed by atoms with Crippen LogP contribution in [-0.4, -0.2) is 25.0 Å². The van der Waals surface area contributed by atoms with Gasteiger partial charge in [-0.2, -0.15) is 0 Å². The Kier molecular flexibility index (Phi) is 5.01. The summed E-state index contributed by atoms with van der Waals surface area (Å²) in [7, 11) is 0. The Morgan fingerprint density at radius 2 is 1.92 bits per heavy atom. The topological polar surface area (TPSA) is 84.7 Å². The zero-order valence-corrected chi connectivity index (χ0v) is 14.6. The molecule has 2 aromatic rings. The number of nitrogens with one attached hydrogen (secondary N) is 1. The zero-order valence-electron chi connectivity index (χ0n) is 13.1. The van der Waals surface area contributed by atoms with Crippen molar-refractivity contribution in [1.82, 2.24) is 0 Å². The molecule has 0 atom stereocenters. The zero-order chi connectivity index (χ0) is 18.0. The molecule has 2 amide bonds. The van der Waals surface area contributed by atoms with E-state index >= 15 is 0 Å². The van der Waals surface area contributed by atoms with Gasteiger partial charge in [-0.15, -0.1) is 0 Å². The van der Waals surface area contributed by atoms with Gasteiger partial charge in [0.15, 0.2) is 0 Å². The van der Waals surface area contributed by atoms with E-state index in [1.165, 1.54) is 17.0 Å². The monoisotopic (exact) mass is 379 g/mol. The quantitative estimate of drug-likeness (QED) is 0.800. The molecule has 1 aliphatic rings. The fourth-order valence-corrected chi connectivity index (χ4v) is 2.98. The highest BCUT2D eigenvalue weighted by molar-refractivity contribution is 6.39. The molecular weight excluding hydrogens is 365 g/mol. The van der Waals surface area contributed by atoms with E-state index in [1.54, 1.807) is 18.2 Å². The van der Waals surface area contributed by atoms with Gasteiger partial charge >= 0.3 is 0 Å². The highest BCUT2D eigenvalue weighted by atomic mass is 35.5. The van der Waals surface area contributed by atoms with Gasteiger partial charge in [-0.05, 0) is 24.3 Å². The van der Waals surface area contributed by atoms with Crippen molar-refractivity contribution in [1.29, 1.82) is 0 Å². The van der Waals surface area contributed by atoms with Crippen molar-refractivity contribution in [3.63, 3.8) is 0 Å². The molecule has 0 aromatic heterocycles. The fraction of sp³-hybridized carbons (Fsp3) is 0.176. The van der Waals surface area contributed by atoms with Crippen LogP contribution in [0, 0.1) is 0 Å². The summed E-state index contributed by atoms with van der Waals surface area (Å²) in [5, 5.41) is 3.16. The Balaban J connectivity index is 1.79. The van der Waals surface area contributed by atoms with E-state index in [1.807, 2.05) is 6.07 Å². The van der Waals surface area contributed by atoms with Crippen LogP contribution < -0.4 is 20.7 Å². The van der Waals surface area contributed by atoms with Crippen LogP contribution in [0.3, 0.4) is 0 Å². The van der Waals surface area contributed by atoms with Gasteiger partial charge in [0.05, 0.1) is 34.4 Å². The third-order valence-electron chi connectivity index (χ3n) is 3.70. The SMILES string of the molecule is Nc1c(Cl)cc(NC(=O)CN2C(=O)CCOc3ccccc32)cc1Cl. The number of carbonyl (C=O) groups is 2. The highest BCUT2D eigenvalue weighted by Gasteiger charge is 2.25. The fourth-order valence-electron chi connectivity index (χ4n) is 2.49. The number of nitrogen functional groups attached to an aromatic ring is 1. The largest absolute Gasteiger partial charge is 0.491 e. The maximum absolute atomic E-state index is 12.4. The molecule has 0 saturated carbocycles. The van der Waals surface area contributed by atoms with E-state index in [4.69, 9.17) is 33.7 Å². The molecule has 130 valence electrons. The number of para-hydroxylation sites is 2. The third kappa shape index (κ3) is 3.81. The first-order valence-electron chi connectivity index (χ1n) is 7.52. The minimum atomic E-state index is -0.387. The van der Waals surface area contributed by atoms with Crippen LogP contribution in [0.2, 0.25) is 10.0 Å². The van der Waals surface area contributed by atoms with E-state index in [0.717, 1.165) is 0 Å². The van der Waals surface area contributed by atoms with Crippen molar-refractivity contribution in [2.45, 2.75) is 6.42 Å². The summed E-state index contributed by atoms with van der Waals surface area (Å²) in [4.78, 5) is 26.1. The number of benzene rings is 2. The lowest BCUT2D eigenvalue weighted by Gasteiger charge is -2.21. The average molecular weight is 380 g/mol. The summed E-state index contributed by atoms with van der Waals surface area (Å²) in [5.74, 6) is -0.00449. The third-order valence-corrected chi connectivity index (χ3v) is 4.32. The molecule has 0 fully saturated rings. The van der Waals surface area contributed by atoms with Gasteiger partial charge in [0.2, 0.25) is 11.8 Å². The molecule has 3 rings (SSSR count). The molecular formula is C17H15Cl2N3O3. The van der Waals surface area contributed by atoms with Crippen LogP contribution in [0.1, 0.15) is 6.42 Å². The van der Waals surface area contributed by atoms with Crippen LogP contribution in [-0.2, 0) is 9.59 Å². The summed E-state index contributed by atoms with van der Waals surface area (Å²) in [6, 6.07) is 10.1. The molecule has 0 bridgehead atoms. The number of halogens is 2. The molecule has 25 heavy (non-hydrogen) atoms. The van der Waals surface area contributed by atoms with Crippen LogP contribution in [0.5, 0.6) is 5.75 Å². The molecule has 3 N–H and O–H groups in total. The molecule has 0 saturated heterocycles. The lowest BCUT2D eigenvalue weighted by molar-refractivity contribution is -0.121. The molecule has 1 heterocycles. The lowest BCUT2D eigenvalue weighted by Crippen LogP contribution is -2.37. The number of rotatable bonds is 3. The van der Waals surface area contributed by atoms with Crippen LogP contribution >= 0.6 is 23.2 Å². The molecule has 0 radical (unpaired) electrons. The Hall–Kier alpha value is -2.44. The van der Waals surface area contributed by atoms with Crippen molar-refractivity contribution in [2.75, 3.05) is 29.1 Å². The second kappa shape index (κ2) is 7.21. The lowest BCUT2D eigenvalue weighted by atomic mass is 10.2. The van der Waals surface area contributed by atoms with Gasteiger partial charge in [0.1, 0.15) is 12.3 Å². The van der Waals surface area contributed by atoms with Crippen molar-refractivity contribution >= 4 is 52.1 Å². The van der Waals surface area contributed by atoms with Crippen molar-refractivity contribution in [3.8, 4) is 5.75 Å². The van der Waals surface area contributed by atoms with Gasteiger partial charge in [-0.1, -0.05) is 35.3 Å². The molecule has 0 spiro atoms. The van der Waals surface area contributed by atoms with E-state index < -0.39 is 0 Å². The van der Waals surface area contributed by atoms with E-state index in [9.17, 15) is 9.59 Å². The molecule has 2 aromatic carbocycles. The first-order chi connectivity index (χ1) is 12.0. The minimum absolute atomic E-state index is 0.154. The molecule has 1 aliphatic heterocycles. The summed E-state index contributed by atoms with van der Waals surface area (Å²) in [5.41, 5.74) is 6.89. The van der Waals surface area contributed by atoms with Crippen LogP contribution in [0.15, 0.2) is 36.4 Å². The average Bonchev–Trinajstić information content (AvgIpc) is 2.72. The first-order valence-corrected chi connectivity index (χ1v) is 8.28. The van der Waals surface area contributed by atoms with Gasteiger partial charge < -0.3 is 15.8 Å². The number of nitrogens with two attached hydrogens (primary N) is 1. The number of anilines is 3. The van der Waals surface area contributed by atoms with Gasteiger partial charge in [0.25, 0.3) is 0 Å². The van der Waals surface area contributed by atoms with Crippen molar-refractivity contribution in [3.05, 3.63) is 46.4 Å². The smallest absolute Gasteiger partial charge is 0.244 e. The second-order valence-electron chi connectivity index (χ2n) is 5.45. The maximum Gasteiger partial charge on any atom is 0.244 e. The number of ether oxygens (including phenoxy) is 1. The number of hydrogen-bond acceptors (Lipinski definition) is 4. The number of nitrogens with zero attached hydrogens (tertiary/aromatic N) is 1. The van der Waals surface area contributed by atoms with E-state index in [-0.39, 0.29) is 47.1 Å². The summed E-state index contributed by atoms with van der Waals surface area (Å²) >= 11 is 11.9. The molecule has 0 aliphatic carbocycles. The van der Waals surface area contributed by atoms with Gasteiger partial charge in [0, 0.05) is 5.69 Å². The van der Waals surface area contributed by atoms with Gasteiger partial charge in [-0.3, -0.25) is 14.5 Å². The summed E-state index contributed by atoms with van der Waals surface area (Å²) < 4.78 is 5.55.